The molecule has 3 atom stereocenters. The number of thioether (sulfide) groups is 1. The van der Waals surface area contributed by atoms with Crippen LogP contribution < -0.4 is 11.1 Å². The van der Waals surface area contributed by atoms with Gasteiger partial charge < -0.3 is 11.1 Å². The van der Waals surface area contributed by atoms with E-state index in [4.69, 9.17) is 5.73 Å². The normalized spacial score (nSPS) is 25.8. The summed E-state index contributed by atoms with van der Waals surface area (Å²) in [5, 5.41) is 3.08. The lowest BCUT2D eigenvalue weighted by atomic mass is 9.87. The van der Waals surface area contributed by atoms with Crippen molar-refractivity contribution in [2.45, 2.75) is 51.1 Å². The Kier molecular flexibility index (Phi) is 9.10. The molecule has 0 heterocycles. The Morgan fingerprint density at radius 1 is 1.53 bits per heavy atom. The molecule has 0 aliphatic heterocycles. The molecule has 0 spiro atoms. The quantitative estimate of drug-likeness (QED) is 0.812. The van der Waals surface area contributed by atoms with Gasteiger partial charge in [0.1, 0.15) is 0 Å². The van der Waals surface area contributed by atoms with Gasteiger partial charge in [-0.3, -0.25) is 4.79 Å². The number of nitrogens with two attached hydrogens (primary N) is 1. The number of carbonyl (C=O) groups is 1. The fourth-order valence-electron chi connectivity index (χ4n) is 2.25. The SMILES string of the molecule is CSCC[C@H](N)C(=O)NC1CCCC(C)C1.Cl. The molecule has 0 radical (unpaired) electrons. The van der Waals surface area contributed by atoms with Gasteiger partial charge in [0.15, 0.2) is 0 Å². The molecule has 1 amide bonds. The van der Waals surface area contributed by atoms with Crippen LogP contribution in [0.25, 0.3) is 0 Å². The predicted octanol–water partition coefficient (Wildman–Crippen LogP) is 2.18. The Morgan fingerprint density at radius 3 is 2.82 bits per heavy atom. The van der Waals surface area contributed by atoms with E-state index in [9.17, 15) is 4.79 Å². The number of nitrogens with one attached hydrogen (secondary N) is 1. The smallest absolute Gasteiger partial charge is 0.237 e. The average Bonchev–Trinajstić information content (AvgIpc) is 2.25. The van der Waals surface area contributed by atoms with Crippen LogP contribution in [-0.2, 0) is 4.79 Å². The predicted molar refractivity (Wildman–Crippen MR) is 77.8 cm³/mol. The van der Waals surface area contributed by atoms with Gasteiger partial charge in [0.05, 0.1) is 6.04 Å². The van der Waals surface area contributed by atoms with Crippen LogP contribution in [-0.4, -0.2) is 30.0 Å². The number of amides is 1. The molecule has 2 unspecified atom stereocenters. The summed E-state index contributed by atoms with van der Waals surface area (Å²) in [7, 11) is 0. The largest absolute Gasteiger partial charge is 0.352 e. The molecule has 0 saturated heterocycles. The molecule has 17 heavy (non-hydrogen) atoms. The highest BCUT2D eigenvalue weighted by Gasteiger charge is 2.22. The highest BCUT2D eigenvalue weighted by Crippen LogP contribution is 2.23. The summed E-state index contributed by atoms with van der Waals surface area (Å²) < 4.78 is 0. The van der Waals surface area contributed by atoms with Crippen molar-refractivity contribution >= 4 is 30.1 Å². The van der Waals surface area contributed by atoms with Crippen molar-refractivity contribution in [1.29, 1.82) is 0 Å². The van der Waals surface area contributed by atoms with E-state index in [1.54, 1.807) is 11.8 Å². The molecule has 1 fully saturated rings. The van der Waals surface area contributed by atoms with E-state index in [-0.39, 0.29) is 24.4 Å². The molecule has 0 bridgehead atoms. The number of hydrogen-bond donors (Lipinski definition) is 2. The van der Waals surface area contributed by atoms with Crippen LogP contribution in [0.1, 0.15) is 39.0 Å². The first-order chi connectivity index (χ1) is 7.63. The molecule has 0 aromatic heterocycles. The fourth-order valence-corrected chi connectivity index (χ4v) is 2.74. The lowest BCUT2D eigenvalue weighted by molar-refractivity contribution is -0.123. The minimum atomic E-state index is -0.329. The first kappa shape index (κ1) is 17.1. The van der Waals surface area contributed by atoms with Crippen LogP contribution in [0.4, 0.5) is 0 Å². The number of rotatable bonds is 5. The number of hydrogen-bond acceptors (Lipinski definition) is 3. The summed E-state index contributed by atoms with van der Waals surface area (Å²) in [5.41, 5.74) is 5.83. The van der Waals surface area contributed by atoms with E-state index in [0.717, 1.165) is 30.9 Å². The Hall–Kier alpha value is 0.0700. The van der Waals surface area contributed by atoms with E-state index in [1.807, 2.05) is 6.26 Å². The van der Waals surface area contributed by atoms with Gasteiger partial charge in [0, 0.05) is 6.04 Å². The van der Waals surface area contributed by atoms with Crippen molar-refractivity contribution in [3.63, 3.8) is 0 Å². The van der Waals surface area contributed by atoms with Gasteiger partial charge in [-0.1, -0.05) is 19.8 Å². The van der Waals surface area contributed by atoms with E-state index < -0.39 is 0 Å². The van der Waals surface area contributed by atoms with Gasteiger partial charge in [0.25, 0.3) is 0 Å². The summed E-state index contributed by atoms with van der Waals surface area (Å²) in [6.07, 6.45) is 7.56. The third kappa shape index (κ3) is 6.53. The Labute approximate surface area is 115 Å². The molecule has 102 valence electrons. The van der Waals surface area contributed by atoms with Gasteiger partial charge in [-0.25, -0.2) is 0 Å². The third-order valence-electron chi connectivity index (χ3n) is 3.25. The van der Waals surface area contributed by atoms with Gasteiger partial charge >= 0.3 is 0 Å². The van der Waals surface area contributed by atoms with Crippen LogP contribution >= 0.6 is 24.2 Å². The van der Waals surface area contributed by atoms with Gasteiger partial charge in [-0.05, 0) is 37.2 Å². The maximum atomic E-state index is 11.8. The zero-order valence-electron chi connectivity index (χ0n) is 10.8. The van der Waals surface area contributed by atoms with Crippen LogP contribution in [0.3, 0.4) is 0 Å². The number of carbonyl (C=O) groups excluding carboxylic acids is 1. The van der Waals surface area contributed by atoms with Crippen LogP contribution in [0.15, 0.2) is 0 Å². The van der Waals surface area contributed by atoms with Crippen molar-refractivity contribution < 1.29 is 4.79 Å². The topological polar surface area (TPSA) is 55.1 Å². The highest BCUT2D eigenvalue weighted by molar-refractivity contribution is 7.98. The summed E-state index contributed by atoms with van der Waals surface area (Å²) in [6.45, 7) is 2.26. The third-order valence-corrected chi connectivity index (χ3v) is 3.90. The van der Waals surface area contributed by atoms with Crippen molar-refractivity contribution in [3.05, 3.63) is 0 Å². The Balaban J connectivity index is 0.00000256. The number of halogens is 1. The second-order valence-corrected chi connectivity index (χ2v) is 5.85. The molecular weight excluding hydrogens is 256 g/mol. The Morgan fingerprint density at radius 2 is 2.24 bits per heavy atom. The van der Waals surface area contributed by atoms with Crippen molar-refractivity contribution in [3.8, 4) is 0 Å². The average molecular weight is 281 g/mol. The highest BCUT2D eigenvalue weighted by atomic mass is 35.5. The first-order valence-corrected chi connectivity index (χ1v) is 7.57. The van der Waals surface area contributed by atoms with Crippen LogP contribution in [0.2, 0.25) is 0 Å². The minimum Gasteiger partial charge on any atom is -0.352 e. The molecule has 3 nitrogen and oxygen atoms in total. The van der Waals surface area contributed by atoms with Crippen molar-refractivity contribution in [1.82, 2.24) is 5.32 Å². The van der Waals surface area contributed by atoms with Crippen LogP contribution in [0.5, 0.6) is 0 Å². The molecule has 1 rings (SSSR count). The van der Waals surface area contributed by atoms with E-state index in [2.05, 4.69) is 12.2 Å². The molecule has 1 saturated carbocycles. The maximum absolute atomic E-state index is 11.8. The Bertz CT molecular complexity index is 229. The lowest BCUT2D eigenvalue weighted by Gasteiger charge is -2.28. The maximum Gasteiger partial charge on any atom is 0.237 e. The molecule has 1 aliphatic rings. The summed E-state index contributed by atoms with van der Waals surface area (Å²) in [5.74, 6) is 1.73. The summed E-state index contributed by atoms with van der Waals surface area (Å²) in [6, 6.07) is 0.0289. The molecule has 5 heteroatoms. The van der Waals surface area contributed by atoms with Crippen molar-refractivity contribution in [2.75, 3.05) is 12.0 Å². The van der Waals surface area contributed by atoms with E-state index in [0.29, 0.717) is 6.04 Å². The molecule has 1 aliphatic carbocycles. The van der Waals surface area contributed by atoms with Crippen molar-refractivity contribution in [2.24, 2.45) is 11.7 Å². The van der Waals surface area contributed by atoms with Gasteiger partial charge in [0.2, 0.25) is 5.91 Å². The molecule has 0 aromatic rings. The first-order valence-electron chi connectivity index (χ1n) is 6.18. The fraction of sp³-hybridized carbons (Fsp3) is 0.917. The zero-order valence-corrected chi connectivity index (χ0v) is 12.4. The minimum absolute atomic E-state index is 0. The second kappa shape index (κ2) is 9.06. The zero-order chi connectivity index (χ0) is 12.0. The molecule has 0 aromatic carbocycles. The molecule has 3 N–H and O–H groups in total. The monoisotopic (exact) mass is 280 g/mol. The second-order valence-electron chi connectivity index (χ2n) is 4.87. The summed E-state index contributed by atoms with van der Waals surface area (Å²) >= 11 is 1.73. The molecular formula is C12H25ClN2OS. The van der Waals surface area contributed by atoms with Gasteiger partial charge in [-0.15, -0.1) is 12.4 Å². The van der Waals surface area contributed by atoms with E-state index in [1.165, 1.54) is 12.8 Å². The van der Waals surface area contributed by atoms with Gasteiger partial charge in [-0.2, -0.15) is 11.8 Å². The standard InChI is InChI=1S/C12H24N2OS.ClH/c1-9-4-3-5-10(8-9)14-12(15)11(13)6-7-16-2;/h9-11H,3-8,13H2,1-2H3,(H,14,15);1H/t9?,10?,11-;/m0./s1. The van der Waals surface area contributed by atoms with E-state index >= 15 is 0 Å². The summed E-state index contributed by atoms with van der Waals surface area (Å²) in [4.78, 5) is 11.8. The van der Waals surface area contributed by atoms with Crippen LogP contribution in [0, 0.1) is 5.92 Å². The lowest BCUT2D eigenvalue weighted by Crippen LogP contribution is -2.46.